The molecule has 0 heterocycles. The molecule has 1 rings (SSSR count). The van der Waals surface area contributed by atoms with Crippen molar-refractivity contribution in [1.82, 2.24) is 5.32 Å². The maximum atomic E-state index is 11.8. The zero-order valence-electron chi connectivity index (χ0n) is 12.5. The van der Waals surface area contributed by atoms with Gasteiger partial charge in [-0.05, 0) is 19.1 Å². The number of nitrogens with zero attached hydrogens (tertiary/aromatic N) is 1. The molecule has 5 heteroatoms. The summed E-state index contributed by atoms with van der Waals surface area (Å²) < 4.78 is 5.10. The topological polar surface area (TPSA) is 67.6 Å². The standard InChI is InChI=1S/C15H25N3O2/c1-12(18(2)13-7-5-4-6-8-13)11-17-15(19)9-14(10-16)20-3/h4-8,12,14H,9-11,16H2,1-3H3,(H,17,19). The Morgan fingerprint density at radius 2 is 2.05 bits per heavy atom. The van der Waals surface area contributed by atoms with Gasteiger partial charge in [0.25, 0.3) is 0 Å². The normalized spacial score (nSPS) is 13.6. The van der Waals surface area contributed by atoms with Gasteiger partial charge in [-0.25, -0.2) is 0 Å². The van der Waals surface area contributed by atoms with E-state index in [9.17, 15) is 4.79 Å². The van der Waals surface area contributed by atoms with Crippen LogP contribution in [-0.2, 0) is 9.53 Å². The number of methoxy groups -OCH3 is 1. The molecule has 1 aromatic rings. The highest BCUT2D eigenvalue weighted by molar-refractivity contribution is 5.76. The molecular formula is C15H25N3O2. The first kappa shape index (κ1) is 16.5. The fraction of sp³-hybridized carbons (Fsp3) is 0.533. The molecule has 0 spiro atoms. The predicted octanol–water partition coefficient (Wildman–Crippen LogP) is 0.991. The van der Waals surface area contributed by atoms with Crippen LogP contribution in [0.1, 0.15) is 13.3 Å². The van der Waals surface area contributed by atoms with Gasteiger partial charge >= 0.3 is 0 Å². The van der Waals surface area contributed by atoms with Gasteiger partial charge in [0.05, 0.1) is 12.5 Å². The quantitative estimate of drug-likeness (QED) is 0.745. The molecule has 0 aromatic heterocycles. The number of carbonyl (C=O) groups is 1. The number of rotatable bonds is 8. The van der Waals surface area contributed by atoms with Crippen LogP contribution in [0.2, 0.25) is 0 Å². The van der Waals surface area contributed by atoms with E-state index in [1.54, 1.807) is 7.11 Å². The van der Waals surface area contributed by atoms with Crippen molar-refractivity contribution in [3.05, 3.63) is 30.3 Å². The first-order valence-corrected chi connectivity index (χ1v) is 6.86. The summed E-state index contributed by atoms with van der Waals surface area (Å²) in [5, 5.41) is 2.92. The van der Waals surface area contributed by atoms with Crippen molar-refractivity contribution < 1.29 is 9.53 Å². The number of nitrogens with two attached hydrogens (primary N) is 1. The third-order valence-electron chi connectivity index (χ3n) is 3.43. The molecule has 5 nitrogen and oxygen atoms in total. The molecule has 0 aliphatic rings. The summed E-state index contributed by atoms with van der Waals surface area (Å²) in [5.41, 5.74) is 6.63. The number of likely N-dealkylation sites (N-methyl/N-ethyl adjacent to an activating group) is 1. The summed E-state index contributed by atoms with van der Waals surface area (Å²) in [4.78, 5) is 13.9. The third kappa shape index (κ3) is 5.19. The predicted molar refractivity (Wildman–Crippen MR) is 81.8 cm³/mol. The maximum absolute atomic E-state index is 11.8. The Balaban J connectivity index is 2.39. The molecule has 0 bridgehead atoms. The maximum Gasteiger partial charge on any atom is 0.222 e. The second kappa shape index (κ2) is 8.55. The van der Waals surface area contributed by atoms with Crippen molar-refractivity contribution in [2.24, 2.45) is 5.73 Å². The fourth-order valence-electron chi connectivity index (χ4n) is 1.86. The van der Waals surface area contributed by atoms with Crippen LogP contribution in [0.5, 0.6) is 0 Å². The van der Waals surface area contributed by atoms with Crippen LogP contribution in [0, 0.1) is 0 Å². The lowest BCUT2D eigenvalue weighted by Crippen LogP contribution is -2.41. The average molecular weight is 279 g/mol. The smallest absolute Gasteiger partial charge is 0.222 e. The number of ether oxygens (including phenoxy) is 1. The van der Waals surface area contributed by atoms with Gasteiger partial charge in [-0.1, -0.05) is 18.2 Å². The van der Waals surface area contributed by atoms with Crippen LogP contribution in [0.25, 0.3) is 0 Å². The number of nitrogens with one attached hydrogen (secondary N) is 1. The molecule has 2 atom stereocenters. The Bertz CT molecular complexity index is 393. The van der Waals surface area contributed by atoms with E-state index >= 15 is 0 Å². The van der Waals surface area contributed by atoms with Crippen molar-refractivity contribution in [1.29, 1.82) is 0 Å². The van der Waals surface area contributed by atoms with Gasteiger partial charge in [-0.15, -0.1) is 0 Å². The number of para-hydroxylation sites is 1. The Morgan fingerprint density at radius 3 is 2.60 bits per heavy atom. The molecule has 112 valence electrons. The minimum absolute atomic E-state index is 0.0318. The van der Waals surface area contributed by atoms with Gasteiger partial charge in [-0.2, -0.15) is 0 Å². The summed E-state index contributed by atoms with van der Waals surface area (Å²) in [6.45, 7) is 3.01. The number of benzene rings is 1. The van der Waals surface area contributed by atoms with Crippen molar-refractivity contribution in [2.45, 2.75) is 25.5 Å². The summed E-state index contributed by atoms with van der Waals surface area (Å²) >= 11 is 0. The number of carbonyl (C=O) groups excluding carboxylic acids is 1. The molecule has 2 unspecified atom stereocenters. The number of hydrogen-bond acceptors (Lipinski definition) is 4. The Hall–Kier alpha value is -1.59. The number of anilines is 1. The first-order valence-electron chi connectivity index (χ1n) is 6.86. The van der Waals surface area contributed by atoms with Gasteiger partial charge in [0, 0.05) is 39.0 Å². The lowest BCUT2D eigenvalue weighted by Gasteiger charge is -2.27. The SMILES string of the molecule is COC(CN)CC(=O)NCC(C)N(C)c1ccccc1. The van der Waals surface area contributed by atoms with Gasteiger partial charge < -0.3 is 20.7 Å². The molecule has 1 aromatic carbocycles. The van der Waals surface area contributed by atoms with Crippen molar-refractivity contribution in [3.8, 4) is 0 Å². The van der Waals surface area contributed by atoms with E-state index < -0.39 is 0 Å². The highest BCUT2D eigenvalue weighted by Gasteiger charge is 2.14. The van der Waals surface area contributed by atoms with Crippen LogP contribution in [-0.4, -0.2) is 45.3 Å². The minimum Gasteiger partial charge on any atom is -0.380 e. The monoisotopic (exact) mass is 279 g/mol. The molecule has 0 radical (unpaired) electrons. The van der Waals surface area contributed by atoms with Crippen LogP contribution in [0.3, 0.4) is 0 Å². The minimum atomic E-state index is -0.211. The van der Waals surface area contributed by atoms with Crippen molar-refractivity contribution >= 4 is 11.6 Å². The molecule has 0 saturated heterocycles. The van der Waals surface area contributed by atoms with Gasteiger partial charge in [0.2, 0.25) is 5.91 Å². The average Bonchev–Trinajstić information content (AvgIpc) is 2.50. The number of hydrogen-bond donors (Lipinski definition) is 2. The summed E-state index contributed by atoms with van der Waals surface area (Å²) in [7, 11) is 3.58. The highest BCUT2D eigenvalue weighted by Crippen LogP contribution is 2.13. The highest BCUT2D eigenvalue weighted by atomic mass is 16.5. The largest absolute Gasteiger partial charge is 0.380 e. The lowest BCUT2D eigenvalue weighted by atomic mass is 10.2. The summed E-state index contributed by atoms with van der Waals surface area (Å²) in [5.74, 6) is -0.0318. The fourth-order valence-corrected chi connectivity index (χ4v) is 1.86. The van der Waals surface area contributed by atoms with E-state index in [4.69, 9.17) is 10.5 Å². The number of amides is 1. The van der Waals surface area contributed by atoms with Gasteiger partial charge in [0.1, 0.15) is 0 Å². The van der Waals surface area contributed by atoms with E-state index in [1.165, 1.54) is 0 Å². The van der Waals surface area contributed by atoms with E-state index in [1.807, 2.05) is 37.4 Å². The molecular weight excluding hydrogens is 254 g/mol. The Labute approximate surface area is 121 Å². The second-order valence-corrected chi connectivity index (χ2v) is 4.90. The summed E-state index contributed by atoms with van der Waals surface area (Å²) in [6.07, 6.45) is 0.0894. The molecule has 0 aliphatic heterocycles. The van der Waals surface area contributed by atoms with E-state index in [-0.39, 0.29) is 18.1 Å². The Kier molecular flexibility index (Phi) is 7.04. The van der Waals surface area contributed by atoms with Crippen LogP contribution < -0.4 is 16.0 Å². The zero-order valence-corrected chi connectivity index (χ0v) is 12.5. The zero-order chi connectivity index (χ0) is 15.0. The van der Waals surface area contributed by atoms with Gasteiger partial charge in [-0.3, -0.25) is 4.79 Å². The molecule has 0 saturated carbocycles. The van der Waals surface area contributed by atoms with Crippen molar-refractivity contribution in [2.75, 3.05) is 32.1 Å². The molecule has 3 N–H and O–H groups in total. The molecule has 0 fully saturated rings. The van der Waals surface area contributed by atoms with Crippen LogP contribution >= 0.6 is 0 Å². The van der Waals surface area contributed by atoms with E-state index in [0.717, 1.165) is 5.69 Å². The van der Waals surface area contributed by atoms with Crippen LogP contribution in [0.15, 0.2) is 30.3 Å². The van der Waals surface area contributed by atoms with E-state index in [2.05, 4.69) is 17.1 Å². The first-order chi connectivity index (χ1) is 9.58. The lowest BCUT2D eigenvalue weighted by molar-refractivity contribution is -0.123. The molecule has 1 amide bonds. The molecule has 20 heavy (non-hydrogen) atoms. The third-order valence-corrected chi connectivity index (χ3v) is 3.43. The second-order valence-electron chi connectivity index (χ2n) is 4.90. The van der Waals surface area contributed by atoms with Crippen molar-refractivity contribution in [3.63, 3.8) is 0 Å². The van der Waals surface area contributed by atoms with Crippen LogP contribution in [0.4, 0.5) is 5.69 Å². The summed E-state index contributed by atoms with van der Waals surface area (Å²) in [6, 6.07) is 10.3. The van der Waals surface area contributed by atoms with Gasteiger partial charge in [0.15, 0.2) is 0 Å². The molecule has 0 aliphatic carbocycles. The van der Waals surface area contributed by atoms with E-state index in [0.29, 0.717) is 19.5 Å². The Morgan fingerprint density at radius 1 is 1.40 bits per heavy atom.